The molecule has 1 aliphatic rings. The quantitative estimate of drug-likeness (QED) is 0.361. The highest BCUT2D eigenvalue weighted by Gasteiger charge is 2.57. The van der Waals surface area contributed by atoms with Crippen molar-refractivity contribution >= 4 is 46.6 Å². The summed E-state index contributed by atoms with van der Waals surface area (Å²) in [5.41, 5.74) is 0. The van der Waals surface area contributed by atoms with Crippen molar-refractivity contribution in [2.45, 2.75) is 56.4 Å². The van der Waals surface area contributed by atoms with Crippen molar-refractivity contribution in [2.24, 2.45) is 0 Å². The van der Waals surface area contributed by atoms with Crippen LogP contribution in [0.1, 0.15) is 41.0 Å². The molecule has 0 aromatic heterocycles. The van der Waals surface area contributed by atoms with Crippen LogP contribution in [0, 0.1) is 0 Å². The second-order valence-electron chi connectivity index (χ2n) is 8.93. The topological polar surface area (TPSA) is 61.8 Å². The van der Waals surface area contributed by atoms with Gasteiger partial charge in [-0.1, -0.05) is 81.4 Å². The lowest BCUT2D eigenvalue weighted by molar-refractivity contribution is -0.162. The largest absolute Gasteiger partial charge is 0.509 e. The standard InChI is InChI=1S/C23H27BrO5Si/c1-21(2,3)30(17-12-8-6-9-13-17,18-14-10-7-11-15-18)28-19(25)16-23(24)20(26)27-22(4,5)29-23/h6-15H,16H2,1-5H3. The summed E-state index contributed by atoms with van der Waals surface area (Å²) in [7, 11) is -3.05. The molecule has 160 valence electrons. The first kappa shape index (κ1) is 22.7. The molecule has 5 nitrogen and oxygen atoms in total. The van der Waals surface area contributed by atoms with Crippen molar-refractivity contribution in [1.29, 1.82) is 0 Å². The van der Waals surface area contributed by atoms with Crippen molar-refractivity contribution in [3.63, 3.8) is 0 Å². The summed E-state index contributed by atoms with van der Waals surface area (Å²) in [6.45, 7) is 9.50. The number of carbonyl (C=O) groups is 2. The summed E-state index contributed by atoms with van der Waals surface area (Å²) < 4.78 is 15.8. The number of hydrogen-bond acceptors (Lipinski definition) is 5. The maximum atomic E-state index is 13.3. The second-order valence-corrected chi connectivity index (χ2v) is 14.4. The summed E-state index contributed by atoms with van der Waals surface area (Å²) in [5.74, 6) is -2.26. The summed E-state index contributed by atoms with van der Waals surface area (Å²) in [4.78, 5) is 25.6. The molecule has 0 N–H and O–H groups in total. The third-order valence-corrected chi connectivity index (χ3v) is 10.8. The normalized spacial score (nSPS) is 21.2. The maximum Gasteiger partial charge on any atom is 0.352 e. The van der Waals surface area contributed by atoms with Crippen LogP contribution < -0.4 is 10.4 Å². The van der Waals surface area contributed by atoms with Crippen molar-refractivity contribution in [3.05, 3.63) is 60.7 Å². The number of ether oxygens (including phenoxy) is 2. The van der Waals surface area contributed by atoms with Gasteiger partial charge in [0, 0.05) is 13.8 Å². The molecule has 2 aromatic rings. The maximum absolute atomic E-state index is 13.3. The van der Waals surface area contributed by atoms with Crippen molar-refractivity contribution < 1.29 is 23.5 Å². The lowest BCUT2D eigenvalue weighted by Gasteiger charge is -2.42. The molecule has 3 rings (SSSR count). The predicted octanol–water partition coefficient (Wildman–Crippen LogP) is 3.88. The molecule has 7 heteroatoms. The molecular weight excluding hydrogens is 464 g/mol. The van der Waals surface area contributed by atoms with Crippen LogP contribution in [0.25, 0.3) is 0 Å². The molecule has 0 saturated carbocycles. The molecule has 30 heavy (non-hydrogen) atoms. The van der Waals surface area contributed by atoms with Crippen LogP contribution in [-0.2, 0) is 23.5 Å². The molecule has 0 radical (unpaired) electrons. The van der Waals surface area contributed by atoms with Crippen molar-refractivity contribution in [3.8, 4) is 0 Å². The Balaban J connectivity index is 2.04. The van der Waals surface area contributed by atoms with E-state index in [9.17, 15) is 9.59 Å². The molecule has 2 aromatic carbocycles. The average Bonchev–Trinajstić information content (AvgIpc) is 2.86. The fourth-order valence-electron chi connectivity index (χ4n) is 3.90. The molecule has 1 unspecified atom stereocenters. The predicted molar refractivity (Wildman–Crippen MR) is 121 cm³/mol. The Morgan fingerprint density at radius 1 is 1.00 bits per heavy atom. The summed E-state index contributed by atoms with van der Waals surface area (Å²) in [6.07, 6.45) is -0.292. The first-order valence-corrected chi connectivity index (χ1v) is 12.6. The zero-order valence-corrected chi connectivity index (χ0v) is 20.5. The van der Waals surface area contributed by atoms with Gasteiger partial charge in [-0.2, -0.15) is 0 Å². The third-order valence-electron chi connectivity index (χ3n) is 5.11. The number of benzene rings is 2. The van der Waals surface area contributed by atoms with Crippen LogP contribution in [0.15, 0.2) is 60.7 Å². The van der Waals surface area contributed by atoms with Crippen LogP contribution >= 0.6 is 15.9 Å². The van der Waals surface area contributed by atoms with E-state index in [2.05, 4.69) is 36.7 Å². The first-order valence-electron chi connectivity index (χ1n) is 9.85. The van der Waals surface area contributed by atoms with Gasteiger partial charge in [0.15, 0.2) is 0 Å². The van der Waals surface area contributed by atoms with Gasteiger partial charge < -0.3 is 13.9 Å². The summed E-state index contributed by atoms with van der Waals surface area (Å²) in [6, 6.07) is 19.7. The Hall–Kier alpha value is -1.96. The van der Waals surface area contributed by atoms with E-state index >= 15 is 0 Å². The highest BCUT2D eigenvalue weighted by molar-refractivity contribution is 9.10. The van der Waals surface area contributed by atoms with E-state index in [1.165, 1.54) is 0 Å². The fraction of sp³-hybridized carbons (Fsp3) is 0.391. The average molecular weight is 491 g/mol. The van der Waals surface area contributed by atoms with E-state index in [0.29, 0.717) is 0 Å². The lowest BCUT2D eigenvalue weighted by atomic mass is 10.2. The van der Waals surface area contributed by atoms with Gasteiger partial charge in [-0.15, -0.1) is 0 Å². The van der Waals surface area contributed by atoms with Crippen LogP contribution in [0.3, 0.4) is 0 Å². The highest BCUT2D eigenvalue weighted by atomic mass is 79.9. The van der Waals surface area contributed by atoms with Gasteiger partial charge in [-0.05, 0) is 31.3 Å². The number of cyclic esters (lactones) is 1. The van der Waals surface area contributed by atoms with Gasteiger partial charge in [-0.25, -0.2) is 4.79 Å². The van der Waals surface area contributed by atoms with E-state index in [0.717, 1.165) is 10.4 Å². The molecule has 0 amide bonds. The monoisotopic (exact) mass is 490 g/mol. The number of rotatable bonds is 5. The number of hydrogen-bond donors (Lipinski definition) is 0. The van der Waals surface area contributed by atoms with Crippen LogP contribution in [-0.4, -0.2) is 30.6 Å². The smallest absolute Gasteiger partial charge is 0.352 e. The molecule has 1 heterocycles. The van der Waals surface area contributed by atoms with E-state index < -0.39 is 30.6 Å². The molecule has 0 aliphatic carbocycles. The van der Waals surface area contributed by atoms with Gasteiger partial charge in [-0.3, -0.25) is 4.79 Å². The Morgan fingerprint density at radius 3 is 1.83 bits per heavy atom. The van der Waals surface area contributed by atoms with Crippen LogP contribution in [0.4, 0.5) is 0 Å². The van der Waals surface area contributed by atoms with Gasteiger partial charge in [0.05, 0.1) is 6.42 Å². The zero-order chi connectivity index (χ0) is 22.2. The van der Waals surface area contributed by atoms with Gasteiger partial charge in [0.2, 0.25) is 10.3 Å². The van der Waals surface area contributed by atoms with E-state index in [-0.39, 0.29) is 11.5 Å². The lowest BCUT2D eigenvalue weighted by Crippen LogP contribution is -2.67. The summed E-state index contributed by atoms with van der Waals surface area (Å²) >= 11 is 3.28. The van der Waals surface area contributed by atoms with Crippen molar-refractivity contribution in [1.82, 2.24) is 0 Å². The zero-order valence-electron chi connectivity index (χ0n) is 17.9. The Kier molecular flexibility index (Phi) is 6.01. The van der Waals surface area contributed by atoms with Crippen molar-refractivity contribution in [2.75, 3.05) is 0 Å². The van der Waals surface area contributed by atoms with E-state index in [1.807, 2.05) is 60.7 Å². The number of halogens is 1. The van der Waals surface area contributed by atoms with Crippen LogP contribution in [0.5, 0.6) is 0 Å². The molecule has 1 saturated heterocycles. The van der Waals surface area contributed by atoms with Crippen LogP contribution in [0.2, 0.25) is 5.04 Å². The molecule has 1 atom stereocenters. The van der Waals surface area contributed by atoms with Gasteiger partial charge in [0.1, 0.15) is 0 Å². The Bertz CT molecular complexity index is 884. The minimum atomic E-state index is -3.05. The number of carbonyl (C=O) groups excluding carboxylic acids is 2. The Labute approximate surface area is 187 Å². The van der Waals surface area contributed by atoms with Gasteiger partial charge >= 0.3 is 14.3 Å². The SMILES string of the molecule is CC1(C)OC(=O)C(Br)(CC(=O)O[Si](c2ccccc2)(c2ccccc2)C(C)(C)C)O1. The number of esters is 1. The van der Waals surface area contributed by atoms with Gasteiger partial charge in [0.25, 0.3) is 5.97 Å². The minimum Gasteiger partial charge on any atom is -0.509 e. The number of alkyl halides is 1. The third kappa shape index (κ3) is 4.24. The molecule has 0 bridgehead atoms. The molecular formula is C23H27BrO5Si. The highest BCUT2D eigenvalue weighted by Crippen LogP contribution is 2.41. The minimum absolute atomic E-state index is 0.292. The van der Waals surface area contributed by atoms with E-state index in [1.54, 1.807) is 13.8 Å². The summed E-state index contributed by atoms with van der Waals surface area (Å²) in [5, 5.41) is 1.60. The fourth-order valence-corrected chi connectivity index (χ4v) is 8.95. The molecule has 0 spiro atoms. The second kappa shape index (κ2) is 7.94. The molecule has 1 aliphatic heterocycles. The first-order chi connectivity index (χ1) is 13.9. The van der Waals surface area contributed by atoms with E-state index in [4.69, 9.17) is 13.9 Å². The molecule has 1 fully saturated rings. The Morgan fingerprint density at radius 2 is 1.47 bits per heavy atom.